The van der Waals surface area contributed by atoms with Crippen LogP contribution < -0.4 is 16.0 Å². The molecule has 1 atom stereocenters. The van der Waals surface area contributed by atoms with Crippen molar-refractivity contribution in [3.63, 3.8) is 0 Å². The third kappa shape index (κ3) is 5.43. The molecule has 0 fully saturated rings. The number of aromatic nitrogens is 4. The second-order valence-corrected chi connectivity index (χ2v) is 5.05. The van der Waals surface area contributed by atoms with Gasteiger partial charge in [-0.3, -0.25) is 9.59 Å². The lowest BCUT2D eigenvalue weighted by molar-refractivity contribution is 0.0933. The van der Waals surface area contributed by atoms with Crippen molar-refractivity contribution in [1.29, 1.82) is 5.53 Å². The van der Waals surface area contributed by atoms with Crippen molar-refractivity contribution in [3.8, 4) is 0 Å². The molecular formula is C14H18N10O2. The first kappa shape index (κ1) is 18.6. The van der Waals surface area contributed by atoms with Gasteiger partial charge in [0.2, 0.25) is 0 Å². The molecular weight excluding hydrogens is 340 g/mol. The molecule has 0 radical (unpaired) electrons. The van der Waals surface area contributed by atoms with Crippen molar-refractivity contribution >= 4 is 24.3 Å². The molecule has 0 aliphatic heterocycles. The number of anilines is 1. The molecule has 26 heavy (non-hydrogen) atoms. The van der Waals surface area contributed by atoms with Crippen LogP contribution >= 0.6 is 0 Å². The third-order valence-electron chi connectivity index (χ3n) is 3.18. The van der Waals surface area contributed by atoms with E-state index in [-0.39, 0.29) is 5.69 Å². The maximum absolute atomic E-state index is 12.3. The largest absolute Gasteiger partial charge is 0.373 e. The Balaban J connectivity index is 1.89. The van der Waals surface area contributed by atoms with E-state index in [9.17, 15) is 9.59 Å². The number of hydrogen-bond acceptors (Lipinski definition) is 8. The maximum Gasteiger partial charge on any atom is 0.270 e. The van der Waals surface area contributed by atoms with Gasteiger partial charge in [0.05, 0.1) is 17.9 Å². The Morgan fingerprint density at radius 2 is 2.23 bits per heavy atom. The van der Waals surface area contributed by atoms with Crippen LogP contribution in [0.5, 0.6) is 0 Å². The van der Waals surface area contributed by atoms with Gasteiger partial charge in [-0.05, 0) is 6.92 Å². The summed E-state index contributed by atoms with van der Waals surface area (Å²) in [6.07, 6.45) is 4.64. The number of aldehydes is 1. The van der Waals surface area contributed by atoms with E-state index in [2.05, 4.69) is 46.2 Å². The van der Waals surface area contributed by atoms with Crippen LogP contribution in [0.2, 0.25) is 0 Å². The minimum atomic E-state index is -0.423. The topological polar surface area (TPSA) is 173 Å². The number of nitrogens with zero attached hydrogens (tertiary/aromatic N) is 5. The number of carbonyl (C=O) groups is 2. The monoisotopic (exact) mass is 358 g/mol. The molecule has 2 aromatic rings. The summed E-state index contributed by atoms with van der Waals surface area (Å²) in [6, 6.07) is 1.10. The van der Waals surface area contributed by atoms with Crippen molar-refractivity contribution in [2.75, 3.05) is 18.4 Å². The van der Waals surface area contributed by atoms with Gasteiger partial charge in [-0.2, -0.15) is 5.53 Å². The summed E-state index contributed by atoms with van der Waals surface area (Å²) in [7, 11) is 0. The van der Waals surface area contributed by atoms with Gasteiger partial charge in [0.15, 0.2) is 6.29 Å². The number of nitrogens with one attached hydrogen (secondary N) is 5. The van der Waals surface area contributed by atoms with E-state index < -0.39 is 11.9 Å². The SMILES string of the molecule is CC(NC(=O)c1cc(NCCN/C=N/N=N)ncn1)c1ncc(C=O)[nH]1. The van der Waals surface area contributed by atoms with Crippen molar-refractivity contribution < 1.29 is 9.59 Å². The average molecular weight is 358 g/mol. The zero-order valence-corrected chi connectivity index (χ0v) is 13.9. The highest BCUT2D eigenvalue weighted by molar-refractivity contribution is 5.93. The molecule has 2 aromatic heterocycles. The van der Waals surface area contributed by atoms with Gasteiger partial charge in [0, 0.05) is 19.2 Å². The van der Waals surface area contributed by atoms with Crippen LogP contribution in [-0.4, -0.2) is 51.6 Å². The number of rotatable bonds is 10. The number of amides is 1. The highest BCUT2D eigenvalue weighted by Crippen LogP contribution is 2.09. The molecule has 2 heterocycles. The average Bonchev–Trinajstić information content (AvgIpc) is 3.14. The molecule has 0 spiro atoms. The zero-order valence-electron chi connectivity index (χ0n) is 13.9. The van der Waals surface area contributed by atoms with Gasteiger partial charge in [0.1, 0.15) is 30.0 Å². The predicted octanol–water partition coefficient (Wildman–Crippen LogP) is 0.479. The summed E-state index contributed by atoms with van der Waals surface area (Å²) >= 11 is 0. The van der Waals surface area contributed by atoms with Crippen LogP contribution in [0.3, 0.4) is 0 Å². The van der Waals surface area contributed by atoms with Gasteiger partial charge < -0.3 is 20.9 Å². The molecule has 0 bridgehead atoms. The fraction of sp³-hybridized carbons (Fsp3) is 0.286. The van der Waals surface area contributed by atoms with Gasteiger partial charge in [-0.15, -0.1) is 5.10 Å². The molecule has 5 N–H and O–H groups in total. The lowest BCUT2D eigenvalue weighted by Crippen LogP contribution is -2.28. The van der Waals surface area contributed by atoms with E-state index in [1.54, 1.807) is 6.92 Å². The summed E-state index contributed by atoms with van der Waals surface area (Å²) in [6.45, 7) is 2.78. The van der Waals surface area contributed by atoms with Crippen LogP contribution in [0.1, 0.15) is 39.8 Å². The zero-order chi connectivity index (χ0) is 18.8. The Labute approximate surface area is 148 Å². The van der Waals surface area contributed by atoms with E-state index in [1.165, 1.54) is 24.9 Å². The Morgan fingerprint density at radius 1 is 1.38 bits per heavy atom. The Bertz CT molecular complexity index is 788. The molecule has 0 aliphatic rings. The third-order valence-corrected chi connectivity index (χ3v) is 3.18. The van der Waals surface area contributed by atoms with Gasteiger partial charge in [0.25, 0.3) is 5.91 Å². The van der Waals surface area contributed by atoms with E-state index in [4.69, 9.17) is 5.53 Å². The number of hydrogen-bond donors (Lipinski definition) is 5. The summed E-state index contributed by atoms with van der Waals surface area (Å²) < 4.78 is 0. The van der Waals surface area contributed by atoms with Crippen molar-refractivity contribution in [3.05, 3.63) is 35.8 Å². The number of H-pyrrole nitrogens is 1. The van der Waals surface area contributed by atoms with Gasteiger partial charge in [-0.25, -0.2) is 15.0 Å². The van der Waals surface area contributed by atoms with Crippen molar-refractivity contribution in [2.45, 2.75) is 13.0 Å². The molecule has 0 aliphatic carbocycles. The van der Waals surface area contributed by atoms with E-state index in [0.29, 0.717) is 36.7 Å². The second kappa shape index (κ2) is 9.56. The van der Waals surface area contributed by atoms with Crippen LogP contribution in [-0.2, 0) is 0 Å². The van der Waals surface area contributed by atoms with Crippen LogP contribution in [0.25, 0.3) is 0 Å². The molecule has 136 valence electrons. The lowest BCUT2D eigenvalue weighted by atomic mass is 10.3. The van der Waals surface area contributed by atoms with E-state index in [0.717, 1.165) is 0 Å². The van der Waals surface area contributed by atoms with Crippen LogP contribution in [0.4, 0.5) is 5.82 Å². The highest BCUT2D eigenvalue weighted by Gasteiger charge is 2.15. The molecule has 0 saturated carbocycles. The van der Waals surface area contributed by atoms with Gasteiger partial charge >= 0.3 is 0 Å². The Hall–Kier alpha value is -3.70. The van der Waals surface area contributed by atoms with Crippen LogP contribution in [0, 0.1) is 5.53 Å². The Kier molecular flexibility index (Phi) is 6.85. The van der Waals surface area contributed by atoms with E-state index in [1.807, 2.05) is 0 Å². The summed E-state index contributed by atoms with van der Waals surface area (Å²) in [5.74, 6) is 0.567. The molecule has 1 amide bonds. The molecule has 1 unspecified atom stereocenters. The van der Waals surface area contributed by atoms with Crippen molar-refractivity contribution in [2.24, 2.45) is 10.3 Å². The van der Waals surface area contributed by atoms with Crippen LogP contribution in [0.15, 0.2) is 28.9 Å². The quantitative estimate of drug-likeness (QED) is 0.102. The minimum Gasteiger partial charge on any atom is -0.373 e. The first-order valence-corrected chi connectivity index (χ1v) is 7.62. The normalized spacial score (nSPS) is 11.7. The van der Waals surface area contributed by atoms with Gasteiger partial charge in [-0.1, -0.05) is 5.22 Å². The fourth-order valence-electron chi connectivity index (χ4n) is 1.95. The Morgan fingerprint density at radius 3 is 2.96 bits per heavy atom. The number of aromatic amines is 1. The molecule has 12 nitrogen and oxygen atoms in total. The smallest absolute Gasteiger partial charge is 0.270 e. The first-order chi connectivity index (χ1) is 12.6. The standard InChI is InChI=1S/C14H18N10O2/c1-9(13-18-5-10(6-25)23-13)22-14(26)11-4-12(20-8-19-11)17-3-2-16-7-21-24-15/h4-9H,2-3H2,1H3,(H,18,23)(H,22,26)(H2,15,16,21)(H,17,19,20). The second-order valence-electron chi connectivity index (χ2n) is 5.05. The molecule has 12 heteroatoms. The summed E-state index contributed by atoms with van der Waals surface area (Å²) in [5.41, 5.74) is 7.02. The first-order valence-electron chi connectivity index (χ1n) is 7.62. The minimum absolute atomic E-state index is 0.194. The number of imidazole rings is 1. The number of carbonyl (C=O) groups excluding carboxylic acids is 2. The van der Waals surface area contributed by atoms with E-state index >= 15 is 0 Å². The summed E-state index contributed by atoms with van der Waals surface area (Å²) in [4.78, 5) is 37.8. The maximum atomic E-state index is 12.3. The predicted molar refractivity (Wildman–Crippen MR) is 92.0 cm³/mol. The molecule has 2 rings (SSSR count). The lowest BCUT2D eigenvalue weighted by Gasteiger charge is -2.11. The molecule has 0 saturated heterocycles. The highest BCUT2D eigenvalue weighted by atomic mass is 16.2. The molecule has 0 aromatic carbocycles. The summed E-state index contributed by atoms with van der Waals surface area (Å²) in [5, 5.41) is 14.7. The fourth-order valence-corrected chi connectivity index (χ4v) is 1.95. The van der Waals surface area contributed by atoms with Crippen molar-refractivity contribution in [1.82, 2.24) is 30.6 Å².